The lowest BCUT2D eigenvalue weighted by Gasteiger charge is -2.11. The summed E-state index contributed by atoms with van der Waals surface area (Å²) in [4.78, 5) is 0.0851. The lowest BCUT2D eigenvalue weighted by atomic mass is 10.2. The van der Waals surface area contributed by atoms with Gasteiger partial charge >= 0.3 is 0 Å². The van der Waals surface area contributed by atoms with Crippen LogP contribution in [0.2, 0.25) is 0 Å². The van der Waals surface area contributed by atoms with Gasteiger partial charge in [0.05, 0.1) is 17.7 Å². The number of sulfonamides is 1. The average Bonchev–Trinajstić information content (AvgIpc) is 2.43. The third kappa shape index (κ3) is 3.08. The van der Waals surface area contributed by atoms with Crippen molar-refractivity contribution < 1.29 is 17.5 Å². The second kappa shape index (κ2) is 5.50. The number of rotatable bonds is 4. The summed E-state index contributed by atoms with van der Waals surface area (Å²) in [5.41, 5.74) is 0.865. The van der Waals surface area contributed by atoms with Crippen LogP contribution in [0.5, 0.6) is 5.75 Å². The van der Waals surface area contributed by atoms with Crippen molar-refractivity contribution in [3.63, 3.8) is 0 Å². The Morgan fingerprint density at radius 1 is 1.10 bits per heavy atom. The van der Waals surface area contributed by atoms with Gasteiger partial charge in [-0.25, -0.2) is 12.8 Å². The quantitative estimate of drug-likeness (QED) is 0.943. The minimum absolute atomic E-state index is 0.0851. The minimum atomic E-state index is -3.75. The number of anilines is 1. The van der Waals surface area contributed by atoms with E-state index >= 15 is 0 Å². The fraction of sp³-hybridized carbons (Fsp3) is 0.143. The van der Waals surface area contributed by atoms with Crippen LogP contribution < -0.4 is 9.46 Å². The highest BCUT2D eigenvalue weighted by Gasteiger charge is 2.15. The number of aryl methyl sites for hydroxylation is 1. The first-order valence-electron chi connectivity index (χ1n) is 5.85. The Kier molecular flexibility index (Phi) is 3.94. The molecular weight excluding hydrogens is 281 g/mol. The standard InChI is InChI=1S/C14H14FNO3S/c1-10-3-4-11(15)9-14(10)16-20(17,18)13-7-5-12(19-2)6-8-13/h3-9,16H,1-2H3. The average molecular weight is 295 g/mol. The Morgan fingerprint density at radius 3 is 2.35 bits per heavy atom. The van der Waals surface area contributed by atoms with Gasteiger partial charge in [0.1, 0.15) is 11.6 Å². The second-order valence-electron chi connectivity index (χ2n) is 4.24. The van der Waals surface area contributed by atoms with Crippen LogP contribution >= 0.6 is 0 Å². The van der Waals surface area contributed by atoms with Crippen molar-refractivity contribution >= 4 is 15.7 Å². The van der Waals surface area contributed by atoms with Crippen LogP contribution in [-0.2, 0) is 10.0 Å². The Hall–Kier alpha value is -2.08. The van der Waals surface area contributed by atoms with E-state index in [0.29, 0.717) is 11.3 Å². The van der Waals surface area contributed by atoms with Crippen molar-refractivity contribution in [3.05, 3.63) is 53.8 Å². The molecular formula is C14H14FNO3S. The van der Waals surface area contributed by atoms with Gasteiger partial charge < -0.3 is 4.74 Å². The SMILES string of the molecule is COc1ccc(S(=O)(=O)Nc2cc(F)ccc2C)cc1. The van der Waals surface area contributed by atoms with Gasteiger partial charge in [-0.1, -0.05) is 6.07 Å². The summed E-state index contributed by atoms with van der Waals surface area (Å²) in [6.07, 6.45) is 0. The number of hydrogen-bond acceptors (Lipinski definition) is 3. The van der Waals surface area contributed by atoms with E-state index in [0.717, 1.165) is 6.07 Å². The van der Waals surface area contributed by atoms with Gasteiger partial charge in [-0.3, -0.25) is 4.72 Å². The van der Waals surface area contributed by atoms with Crippen molar-refractivity contribution in [1.29, 1.82) is 0 Å². The molecule has 6 heteroatoms. The Bertz CT molecular complexity index is 712. The van der Waals surface area contributed by atoms with Crippen molar-refractivity contribution in [2.24, 2.45) is 0 Å². The highest BCUT2D eigenvalue weighted by Crippen LogP contribution is 2.22. The molecule has 2 aromatic carbocycles. The van der Waals surface area contributed by atoms with Crippen molar-refractivity contribution in [3.8, 4) is 5.75 Å². The van der Waals surface area contributed by atoms with E-state index in [1.54, 1.807) is 19.1 Å². The van der Waals surface area contributed by atoms with Gasteiger partial charge in [-0.2, -0.15) is 0 Å². The van der Waals surface area contributed by atoms with E-state index in [-0.39, 0.29) is 10.6 Å². The summed E-state index contributed by atoms with van der Waals surface area (Å²) in [6, 6.07) is 9.89. The first-order valence-corrected chi connectivity index (χ1v) is 7.34. The molecule has 0 aliphatic rings. The smallest absolute Gasteiger partial charge is 0.261 e. The summed E-state index contributed by atoms with van der Waals surface area (Å²) in [6.45, 7) is 1.70. The van der Waals surface area contributed by atoms with E-state index < -0.39 is 15.8 Å². The normalized spacial score (nSPS) is 11.2. The largest absolute Gasteiger partial charge is 0.497 e. The van der Waals surface area contributed by atoms with E-state index in [9.17, 15) is 12.8 Å². The topological polar surface area (TPSA) is 55.4 Å². The second-order valence-corrected chi connectivity index (χ2v) is 5.92. The molecule has 0 aromatic heterocycles. The lowest BCUT2D eigenvalue weighted by molar-refractivity contribution is 0.414. The van der Waals surface area contributed by atoms with Crippen LogP contribution in [-0.4, -0.2) is 15.5 Å². The van der Waals surface area contributed by atoms with E-state index in [1.165, 1.54) is 31.4 Å². The predicted molar refractivity (Wildman–Crippen MR) is 74.9 cm³/mol. The zero-order valence-corrected chi connectivity index (χ0v) is 11.9. The zero-order chi connectivity index (χ0) is 14.8. The van der Waals surface area contributed by atoms with Gasteiger partial charge in [-0.15, -0.1) is 0 Å². The number of hydrogen-bond donors (Lipinski definition) is 1. The molecule has 2 aromatic rings. The molecule has 0 spiro atoms. The van der Waals surface area contributed by atoms with E-state index in [4.69, 9.17) is 4.74 Å². The first kappa shape index (κ1) is 14.3. The van der Waals surface area contributed by atoms with Gasteiger partial charge in [0.25, 0.3) is 10.0 Å². The molecule has 0 fully saturated rings. The molecule has 0 amide bonds. The molecule has 0 aliphatic carbocycles. The highest BCUT2D eigenvalue weighted by molar-refractivity contribution is 7.92. The van der Waals surface area contributed by atoms with Crippen LogP contribution in [0.3, 0.4) is 0 Å². The molecule has 106 valence electrons. The monoisotopic (exact) mass is 295 g/mol. The summed E-state index contributed by atoms with van der Waals surface area (Å²) in [5.74, 6) is 0.0638. The van der Waals surface area contributed by atoms with E-state index in [1.807, 2.05) is 0 Å². The summed E-state index contributed by atoms with van der Waals surface area (Å²) < 4.78 is 44.9. The molecule has 0 unspecified atom stereocenters. The van der Waals surface area contributed by atoms with E-state index in [2.05, 4.69) is 4.72 Å². The molecule has 2 rings (SSSR count). The molecule has 0 aliphatic heterocycles. The third-order valence-electron chi connectivity index (χ3n) is 2.81. The Balaban J connectivity index is 2.32. The Labute approximate surface area is 117 Å². The highest BCUT2D eigenvalue weighted by atomic mass is 32.2. The molecule has 1 N–H and O–H groups in total. The first-order chi connectivity index (χ1) is 9.42. The predicted octanol–water partition coefficient (Wildman–Crippen LogP) is 2.94. The molecule has 0 radical (unpaired) electrons. The van der Waals surface area contributed by atoms with Crippen LogP contribution in [0.4, 0.5) is 10.1 Å². The molecule has 0 heterocycles. The molecule has 0 bridgehead atoms. The number of ether oxygens (including phenoxy) is 1. The number of halogens is 1. The van der Waals surface area contributed by atoms with Gasteiger partial charge in [-0.05, 0) is 48.9 Å². The fourth-order valence-corrected chi connectivity index (χ4v) is 2.78. The van der Waals surface area contributed by atoms with Gasteiger partial charge in [0.2, 0.25) is 0 Å². The zero-order valence-electron chi connectivity index (χ0n) is 11.1. The number of benzene rings is 2. The van der Waals surface area contributed by atoms with Crippen molar-refractivity contribution in [2.75, 3.05) is 11.8 Å². The van der Waals surface area contributed by atoms with Crippen LogP contribution in [0.25, 0.3) is 0 Å². The third-order valence-corrected chi connectivity index (χ3v) is 4.20. The molecule has 0 atom stereocenters. The van der Waals surface area contributed by atoms with Crippen molar-refractivity contribution in [2.45, 2.75) is 11.8 Å². The lowest BCUT2D eigenvalue weighted by Crippen LogP contribution is -2.13. The maximum Gasteiger partial charge on any atom is 0.261 e. The van der Waals surface area contributed by atoms with Crippen LogP contribution in [0.1, 0.15) is 5.56 Å². The maximum absolute atomic E-state index is 13.2. The maximum atomic E-state index is 13.2. The summed E-state index contributed by atoms with van der Waals surface area (Å²) >= 11 is 0. The van der Waals surface area contributed by atoms with Crippen molar-refractivity contribution in [1.82, 2.24) is 0 Å². The Morgan fingerprint density at radius 2 is 1.75 bits per heavy atom. The minimum Gasteiger partial charge on any atom is -0.497 e. The summed E-state index contributed by atoms with van der Waals surface area (Å²) in [7, 11) is -2.25. The van der Waals surface area contributed by atoms with Gasteiger partial charge in [0.15, 0.2) is 0 Å². The molecule has 0 saturated carbocycles. The fourth-order valence-electron chi connectivity index (χ4n) is 1.66. The molecule has 0 saturated heterocycles. The summed E-state index contributed by atoms with van der Waals surface area (Å²) in [5, 5.41) is 0. The van der Waals surface area contributed by atoms with Gasteiger partial charge in [0, 0.05) is 0 Å². The number of methoxy groups -OCH3 is 1. The number of nitrogens with one attached hydrogen (secondary N) is 1. The van der Waals surface area contributed by atoms with Crippen LogP contribution in [0, 0.1) is 12.7 Å². The van der Waals surface area contributed by atoms with Crippen LogP contribution in [0.15, 0.2) is 47.4 Å². The molecule has 4 nitrogen and oxygen atoms in total. The molecule has 20 heavy (non-hydrogen) atoms.